The molecule has 1 unspecified atom stereocenters. The van der Waals surface area contributed by atoms with E-state index >= 15 is 0 Å². The first-order valence-corrected chi connectivity index (χ1v) is 6.68. The summed E-state index contributed by atoms with van der Waals surface area (Å²) in [7, 11) is 0. The van der Waals surface area contributed by atoms with Crippen molar-refractivity contribution in [2.45, 2.75) is 51.7 Å². The molecule has 0 bridgehead atoms. The summed E-state index contributed by atoms with van der Waals surface area (Å²) in [5, 5.41) is 4.28. The van der Waals surface area contributed by atoms with Gasteiger partial charge >= 0.3 is 0 Å². The predicted octanol–water partition coefficient (Wildman–Crippen LogP) is 3.30. The molecule has 0 amide bonds. The Morgan fingerprint density at radius 2 is 1.92 bits per heavy atom. The second-order valence-electron chi connectivity index (χ2n) is 3.55. The van der Waals surface area contributed by atoms with Crippen molar-refractivity contribution in [2.24, 2.45) is 0 Å². The van der Waals surface area contributed by atoms with Crippen LogP contribution in [0.1, 0.15) is 46.5 Å². The van der Waals surface area contributed by atoms with Gasteiger partial charge in [-0.15, -0.1) is 0 Å². The summed E-state index contributed by atoms with van der Waals surface area (Å²) in [6, 6.07) is 0. The van der Waals surface area contributed by atoms with Gasteiger partial charge < -0.3 is 5.32 Å². The summed E-state index contributed by atoms with van der Waals surface area (Å²) in [6.07, 6.45) is 5.26. The molecule has 0 fully saturated rings. The minimum Gasteiger partial charge on any atom is -0.317 e. The van der Waals surface area contributed by atoms with E-state index in [1.807, 2.05) is 0 Å². The van der Waals surface area contributed by atoms with E-state index in [1.54, 1.807) is 0 Å². The molecule has 0 aliphatic rings. The van der Waals surface area contributed by atoms with Crippen LogP contribution in [0.25, 0.3) is 0 Å². The lowest BCUT2D eigenvalue weighted by Gasteiger charge is -2.07. The first-order valence-electron chi connectivity index (χ1n) is 5.63. The van der Waals surface area contributed by atoms with Gasteiger partial charge in [-0.25, -0.2) is 0 Å². The van der Waals surface area contributed by atoms with E-state index in [-0.39, 0.29) is 0 Å². The van der Waals surface area contributed by atoms with Crippen LogP contribution in [0.5, 0.6) is 0 Å². The molecule has 0 saturated carbocycles. The normalized spacial score (nSPS) is 13.2. The van der Waals surface area contributed by atoms with E-state index in [4.69, 9.17) is 0 Å². The molecule has 0 heterocycles. The minimum absolute atomic E-state index is 0.851. The molecule has 0 aromatic carbocycles. The van der Waals surface area contributed by atoms with Gasteiger partial charge in [-0.3, -0.25) is 0 Å². The van der Waals surface area contributed by atoms with E-state index in [2.05, 4.69) is 37.8 Å². The van der Waals surface area contributed by atoms with Crippen LogP contribution < -0.4 is 5.32 Å². The Kier molecular flexibility index (Phi) is 10.6. The molecule has 1 nitrogen and oxygen atoms in total. The lowest BCUT2D eigenvalue weighted by Crippen LogP contribution is -2.15. The van der Waals surface area contributed by atoms with Crippen molar-refractivity contribution in [1.82, 2.24) is 5.32 Å². The van der Waals surface area contributed by atoms with Crippen LogP contribution in [0.2, 0.25) is 0 Å². The lowest BCUT2D eigenvalue weighted by molar-refractivity contribution is 0.635. The first-order chi connectivity index (χ1) is 6.31. The number of unbranched alkanes of at least 4 members (excludes halogenated alkanes) is 1. The van der Waals surface area contributed by atoms with Crippen molar-refractivity contribution < 1.29 is 0 Å². The van der Waals surface area contributed by atoms with Crippen molar-refractivity contribution in [3.05, 3.63) is 0 Å². The number of thioether (sulfide) groups is 1. The monoisotopic (exact) mass is 203 g/mol. The second kappa shape index (κ2) is 10.4. The van der Waals surface area contributed by atoms with E-state index in [9.17, 15) is 0 Å². The summed E-state index contributed by atoms with van der Waals surface area (Å²) < 4.78 is 0. The van der Waals surface area contributed by atoms with Gasteiger partial charge in [-0.05, 0) is 44.5 Å². The van der Waals surface area contributed by atoms with Crippen molar-refractivity contribution in [2.75, 3.05) is 18.8 Å². The molecular formula is C11H25NS. The Balaban J connectivity index is 2.91. The molecule has 2 heteroatoms. The van der Waals surface area contributed by atoms with Crippen LogP contribution in [0, 0.1) is 0 Å². The van der Waals surface area contributed by atoms with Crippen LogP contribution in [0.4, 0.5) is 0 Å². The van der Waals surface area contributed by atoms with Crippen LogP contribution >= 0.6 is 11.8 Å². The molecule has 80 valence electrons. The molecular weight excluding hydrogens is 178 g/mol. The van der Waals surface area contributed by atoms with Crippen LogP contribution in [-0.4, -0.2) is 24.1 Å². The molecule has 1 atom stereocenters. The fourth-order valence-corrected chi connectivity index (χ4v) is 2.07. The van der Waals surface area contributed by atoms with Gasteiger partial charge in [0, 0.05) is 5.25 Å². The van der Waals surface area contributed by atoms with Gasteiger partial charge in [0.2, 0.25) is 0 Å². The minimum atomic E-state index is 0.851. The van der Waals surface area contributed by atoms with Crippen molar-refractivity contribution >= 4 is 11.8 Å². The summed E-state index contributed by atoms with van der Waals surface area (Å²) in [5.74, 6) is 1.34. The Labute approximate surface area is 88.1 Å². The molecule has 0 saturated heterocycles. The molecule has 13 heavy (non-hydrogen) atoms. The third kappa shape index (κ3) is 10.2. The van der Waals surface area contributed by atoms with Crippen LogP contribution in [0.15, 0.2) is 0 Å². The molecule has 0 aliphatic heterocycles. The standard InChI is InChI=1S/C11H25NS/c1-4-8-12-9-6-7-10-13-11(3)5-2/h11-12H,4-10H2,1-3H3. The van der Waals surface area contributed by atoms with E-state index in [0.717, 1.165) is 5.25 Å². The zero-order chi connectivity index (χ0) is 9.94. The molecule has 0 spiro atoms. The number of hydrogen-bond acceptors (Lipinski definition) is 2. The van der Waals surface area contributed by atoms with Gasteiger partial charge in [0.15, 0.2) is 0 Å². The zero-order valence-electron chi connectivity index (χ0n) is 9.44. The van der Waals surface area contributed by atoms with Crippen molar-refractivity contribution in [3.8, 4) is 0 Å². The fraction of sp³-hybridized carbons (Fsp3) is 1.00. The van der Waals surface area contributed by atoms with Gasteiger partial charge in [-0.1, -0.05) is 20.8 Å². The SMILES string of the molecule is CCCNCCCCSC(C)CC. The molecule has 0 aliphatic carbocycles. The Morgan fingerprint density at radius 3 is 2.54 bits per heavy atom. The number of hydrogen-bond donors (Lipinski definition) is 1. The predicted molar refractivity (Wildman–Crippen MR) is 64.6 cm³/mol. The first kappa shape index (κ1) is 13.3. The Bertz CT molecular complexity index is 96.1. The van der Waals surface area contributed by atoms with Gasteiger partial charge in [0.25, 0.3) is 0 Å². The smallest absolute Gasteiger partial charge is 0.00160 e. The molecule has 0 aromatic rings. The van der Waals surface area contributed by atoms with Crippen molar-refractivity contribution in [1.29, 1.82) is 0 Å². The highest BCUT2D eigenvalue weighted by Crippen LogP contribution is 2.14. The molecule has 0 rings (SSSR count). The highest BCUT2D eigenvalue weighted by Gasteiger charge is 1.97. The number of rotatable bonds is 9. The Hall–Kier alpha value is 0.310. The zero-order valence-corrected chi connectivity index (χ0v) is 10.3. The lowest BCUT2D eigenvalue weighted by atomic mass is 10.3. The largest absolute Gasteiger partial charge is 0.317 e. The maximum absolute atomic E-state index is 3.43. The molecule has 1 N–H and O–H groups in total. The van der Waals surface area contributed by atoms with Crippen LogP contribution in [0.3, 0.4) is 0 Å². The summed E-state index contributed by atoms with van der Waals surface area (Å²) >= 11 is 2.11. The molecule has 0 radical (unpaired) electrons. The fourth-order valence-electron chi connectivity index (χ4n) is 1.06. The third-order valence-corrected chi connectivity index (χ3v) is 3.58. The van der Waals surface area contributed by atoms with E-state index in [1.165, 1.54) is 44.5 Å². The quantitative estimate of drug-likeness (QED) is 0.577. The topological polar surface area (TPSA) is 12.0 Å². The van der Waals surface area contributed by atoms with Gasteiger partial charge in [0.05, 0.1) is 0 Å². The van der Waals surface area contributed by atoms with E-state index < -0.39 is 0 Å². The Morgan fingerprint density at radius 1 is 1.15 bits per heavy atom. The molecule has 0 aromatic heterocycles. The highest BCUT2D eigenvalue weighted by atomic mass is 32.2. The van der Waals surface area contributed by atoms with Gasteiger partial charge in [-0.2, -0.15) is 11.8 Å². The van der Waals surface area contributed by atoms with Crippen LogP contribution in [-0.2, 0) is 0 Å². The van der Waals surface area contributed by atoms with Crippen molar-refractivity contribution in [3.63, 3.8) is 0 Å². The maximum atomic E-state index is 3.43. The average Bonchev–Trinajstić information content (AvgIpc) is 2.16. The summed E-state index contributed by atoms with van der Waals surface area (Å²) in [4.78, 5) is 0. The summed E-state index contributed by atoms with van der Waals surface area (Å²) in [5.41, 5.74) is 0. The second-order valence-corrected chi connectivity index (χ2v) is 5.09. The summed E-state index contributed by atoms with van der Waals surface area (Å²) in [6.45, 7) is 9.18. The maximum Gasteiger partial charge on any atom is 0.00160 e. The number of nitrogens with one attached hydrogen (secondary N) is 1. The average molecular weight is 203 g/mol. The third-order valence-electron chi connectivity index (χ3n) is 2.15. The van der Waals surface area contributed by atoms with E-state index in [0.29, 0.717) is 0 Å². The van der Waals surface area contributed by atoms with Gasteiger partial charge in [0.1, 0.15) is 0 Å². The highest BCUT2D eigenvalue weighted by molar-refractivity contribution is 7.99.